The average Bonchev–Trinajstić information content (AvgIpc) is 3.15. The van der Waals surface area contributed by atoms with Crippen LogP contribution in [0.2, 0.25) is 0 Å². The van der Waals surface area contributed by atoms with E-state index in [1.54, 1.807) is 17.1 Å². The van der Waals surface area contributed by atoms with Crippen LogP contribution in [0.5, 0.6) is 0 Å². The summed E-state index contributed by atoms with van der Waals surface area (Å²) in [5.41, 5.74) is 3.36. The van der Waals surface area contributed by atoms with E-state index in [0.717, 1.165) is 29.7 Å². The van der Waals surface area contributed by atoms with Gasteiger partial charge in [0.25, 0.3) is 5.91 Å². The molecule has 0 unspecified atom stereocenters. The van der Waals surface area contributed by atoms with Crippen LogP contribution >= 0.6 is 0 Å². The number of nitrogens with zero attached hydrogens (tertiary/aromatic N) is 3. The summed E-state index contributed by atoms with van der Waals surface area (Å²) in [6, 6.07) is 15.0. The highest BCUT2D eigenvalue weighted by Crippen LogP contribution is 2.24. The molecule has 0 fully saturated rings. The topological polar surface area (TPSA) is 88.9 Å². The predicted octanol–water partition coefficient (Wildman–Crippen LogP) is 2.72. The predicted molar refractivity (Wildman–Crippen MR) is 105 cm³/mol. The molecule has 28 heavy (non-hydrogen) atoms. The molecule has 2 amide bonds. The first kappa shape index (κ1) is 17.9. The molecule has 1 aliphatic heterocycles. The molecule has 0 bridgehead atoms. The van der Waals surface area contributed by atoms with Crippen LogP contribution in [-0.4, -0.2) is 26.6 Å². The van der Waals surface area contributed by atoms with E-state index in [1.807, 2.05) is 42.5 Å². The van der Waals surface area contributed by atoms with Crippen LogP contribution < -0.4 is 10.6 Å². The Morgan fingerprint density at radius 2 is 2.04 bits per heavy atom. The molecule has 4 rings (SSSR count). The normalized spacial score (nSPS) is 14.5. The largest absolute Gasteiger partial charge is 0.343 e. The number of fused-ring (bicyclic) bond motifs is 1. The second kappa shape index (κ2) is 8.04. The molecular weight excluding hydrogens is 354 g/mol. The molecule has 3 aromatic rings. The number of hydrogen-bond donors (Lipinski definition) is 2. The Morgan fingerprint density at radius 1 is 1.18 bits per heavy atom. The van der Waals surface area contributed by atoms with Gasteiger partial charge in [0.05, 0.1) is 12.6 Å². The maximum absolute atomic E-state index is 12.9. The highest BCUT2D eigenvalue weighted by Gasteiger charge is 2.19. The second-order valence-electron chi connectivity index (χ2n) is 6.83. The van der Waals surface area contributed by atoms with Gasteiger partial charge in [-0.05, 0) is 42.2 Å². The van der Waals surface area contributed by atoms with Crippen molar-refractivity contribution >= 4 is 17.5 Å². The number of nitrogens with one attached hydrogen (secondary N) is 2. The summed E-state index contributed by atoms with van der Waals surface area (Å²) < 4.78 is 1.70. The Morgan fingerprint density at radius 3 is 2.82 bits per heavy atom. The summed E-state index contributed by atoms with van der Waals surface area (Å²) in [6.07, 6.45) is 5.17. The molecule has 1 aromatic heterocycles. The summed E-state index contributed by atoms with van der Waals surface area (Å²) in [6.45, 7) is 0.483. The maximum atomic E-state index is 12.9. The molecule has 1 atom stereocenters. The Hall–Kier alpha value is -3.48. The molecule has 0 saturated carbocycles. The van der Waals surface area contributed by atoms with E-state index in [4.69, 9.17) is 0 Å². The molecule has 0 spiro atoms. The number of rotatable bonds is 5. The zero-order valence-electron chi connectivity index (χ0n) is 15.3. The van der Waals surface area contributed by atoms with Gasteiger partial charge < -0.3 is 10.6 Å². The molecule has 2 N–H and O–H groups in total. The average molecular weight is 375 g/mol. The van der Waals surface area contributed by atoms with Crippen LogP contribution in [0.1, 0.15) is 40.4 Å². The minimum atomic E-state index is -0.242. The minimum Gasteiger partial charge on any atom is -0.343 e. The number of carbonyl (C=O) groups is 2. The van der Waals surface area contributed by atoms with Crippen LogP contribution in [0.25, 0.3) is 0 Å². The van der Waals surface area contributed by atoms with Crippen LogP contribution in [0.3, 0.4) is 0 Å². The third kappa shape index (κ3) is 4.09. The van der Waals surface area contributed by atoms with E-state index in [1.165, 1.54) is 6.33 Å². The smallest absolute Gasteiger partial charge is 0.251 e. The molecule has 0 saturated heterocycles. The molecule has 7 nitrogen and oxygen atoms in total. The van der Waals surface area contributed by atoms with Gasteiger partial charge in [-0.1, -0.05) is 30.3 Å². The van der Waals surface area contributed by atoms with Crippen molar-refractivity contribution in [3.63, 3.8) is 0 Å². The standard InChI is InChI=1S/C21H21N5O2/c27-20-8-4-7-16-11-17(9-10-18(16)24-20)21(28)25-19(12-26-14-22-13-23-26)15-5-2-1-3-6-15/h1-3,5-6,9-11,13-14,19H,4,7-8,12H2,(H,24,27)(H,25,28)/t19-/m0/s1. The van der Waals surface area contributed by atoms with Gasteiger partial charge in [0.2, 0.25) is 5.91 Å². The maximum Gasteiger partial charge on any atom is 0.251 e. The molecule has 2 heterocycles. The molecular formula is C21H21N5O2. The van der Waals surface area contributed by atoms with Gasteiger partial charge in [-0.2, -0.15) is 5.10 Å². The van der Waals surface area contributed by atoms with E-state index in [-0.39, 0.29) is 17.9 Å². The zero-order chi connectivity index (χ0) is 19.3. The number of hydrogen-bond acceptors (Lipinski definition) is 4. The first-order valence-electron chi connectivity index (χ1n) is 9.30. The third-order valence-electron chi connectivity index (χ3n) is 4.83. The lowest BCUT2D eigenvalue weighted by molar-refractivity contribution is -0.116. The molecule has 7 heteroatoms. The van der Waals surface area contributed by atoms with E-state index in [2.05, 4.69) is 20.7 Å². The summed E-state index contributed by atoms with van der Waals surface area (Å²) in [7, 11) is 0. The van der Waals surface area contributed by atoms with Gasteiger partial charge in [0, 0.05) is 17.7 Å². The van der Waals surface area contributed by atoms with E-state index >= 15 is 0 Å². The summed E-state index contributed by atoms with van der Waals surface area (Å²) >= 11 is 0. The highest BCUT2D eigenvalue weighted by atomic mass is 16.2. The Balaban J connectivity index is 1.56. The van der Waals surface area contributed by atoms with Crippen molar-refractivity contribution in [3.8, 4) is 0 Å². The second-order valence-corrected chi connectivity index (χ2v) is 6.83. The van der Waals surface area contributed by atoms with Gasteiger partial charge in [-0.15, -0.1) is 0 Å². The van der Waals surface area contributed by atoms with Gasteiger partial charge in [0.1, 0.15) is 12.7 Å². The number of amides is 2. The summed E-state index contributed by atoms with van der Waals surface area (Å²) in [4.78, 5) is 28.6. The van der Waals surface area contributed by atoms with Crippen LogP contribution in [0.4, 0.5) is 5.69 Å². The molecule has 0 radical (unpaired) electrons. The van der Waals surface area contributed by atoms with E-state index in [0.29, 0.717) is 18.5 Å². The van der Waals surface area contributed by atoms with Crippen LogP contribution in [0, 0.1) is 0 Å². The first-order valence-corrected chi connectivity index (χ1v) is 9.30. The fourth-order valence-corrected chi connectivity index (χ4v) is 3.39. The van der Waals surface area contributed by atoms with Gasteiger partial charge in [-0.25, -0.2) is 4.98 Å². The molecule has 0 aliphatic carbocycles. The van der Waals surface area contributed by atoms with Gasteiger partial charge in [0.15, 0.2) is 0 Å². The van der Waals surface area contributed by atoms with Crippen LogP contribution in [0.15, 0.2) is 61.2 Å². The lowest BCUT2D eigenvalue weighted by atomic mass is 10.0. The monoisotopic (exact) mass is 375 g/mol. The van der Waals surface area contributed by atoms with Gasteiger partial charge >= 0.3 is 0 Å². The number of carbonyl (C=O) groups excluding carboxylic acids is 2. The van der Waals surface area contributed by atoms with E-state index in [9.17, 15) is 9.59 Å². The van der Waals surface area contributed by atoms with Crippen molar-refractivity contribution in [2.75, 3.05) is 5.32 Å². The van der Waals surface area contributed by atoms with Crippen molar-refractivity contribution in [2.24, 2.45) is 0 Å². The third-order valence-corrected chi connectivity index (χ3v) is 4.83. The first-order chi connectivity index (χ1) is 13.7. The number of aromatic nitrogens is 3. The van der Waals surface area contributed by atoms with E-state index < -0.39 is 0 Å². The highest BCUT2D eigenvalue weighted by molar-refractivity contribution is 5.97. The fourth-order valence-electron chi connectivity index (χ4n) is 3.39. The summed E-state index contributed by atoms with van der Waals surface area (Å²) in [5, 5.41) is 10.2. The lowest BCUT2D eigenvalue weighted by Crippen LogP contribution is -2.31. The number of benzene rings is 2. The Bertz CT molecular complexity index is 970. The quantitative estimate of drug-likeness (QED) is 0.718. The van der Waals surface area contributed by atoms with Crippen molar-refractivity contribution in [1.82, 2.24) is 20.1 Å². The van der Waals surface area contributed by atoms with Crippen LogP contribution in [-0.2, 0) is 17.8 Å². The number of aryl methyl sites for hydroxylation is 1. The SMILES string of the molecule is O=C1CCCc2cc(C(=O)N[C@@H](Cn3cncn3)c3ccccc3)ccc2N1. The zero-order valence-corrected chi connectivity index (χ0v) is 15.3. The van der Waals surface area contributed by atoms with Gasteiger partial charge in [-0.3, -0.25) is 14.3 Å². The fraction of sp³-hybridized carbons (Fsp3) is 0.238. The van der Waals surface area contributed by atoms with Crippen molar-refractivity contribution in [2.45, 2.75) is 31.8 Å². The lowest BCUT2D eigenvalue weighted by Gasteiger charge is -2.19. The van der Waals surface area contributed by atoms with Crippen molar-refractivity contribution < 1.29 is 9.59 Å². The molecule has 2 aromatic carbocycles. The number of anilines is 1. The molecule has 1 aliphatic rings. The Labute approximate surface area is 162 Å². The van der Waals surface area contributed by atoms with Crippen molar-refractivity contribution in [3.05, 3.63) is 77.9 Å². The Kier molecular flexibility index (Phi) is 5.14. The van der Waals surface area contributed by atoms with Crippen molar-refractivity contribution in [1.29, 1.82) is 0 Å². The summed E-state index contributed by atoms with van der Waals surface area (Å²) in [5.74, 6) is -0.139. The molecule has 142 valence electrons. The minimum absolute atomic E-state index is 0.0212.